The van der Waals surface area contributed by atoms with Crippen LogP contribution in [0.25, 0.3) is 0 Å². The average Bonchev–Trinajstić information content (AvgIpc) is 3.01. The van der Waals surface area contributed by atoms with E-state index in [2.05, 4.69) is 56.9 Å². The molecule has 0 aliphatic rings. The molecule has 0 radical (unpaired) electrons. The summed E-state index contributed by atoms with van der Waals surface area (Å²) in [6.07, 6.45) is 2.64. The van der Waals surface area contributed by atoms with E-state index in [9.17, 15) is 4.79 Å². The van der Waals surface area contributed by atoms with Crippen LogP contribution >= 0.6 is 0 Å². The normalized spacial score (nSPS) is 13.5. The van der Waals surface area contributed by atoms with Gasteiger partial charge in [0, 0.05) is 13.6 Å². The molecule has 0 aliphatic heterocycles. The minimum absolute atomic E-state index is 0.113. The van der Waals surface area contributed by atoms with Crippen molar-refractivity contribution in [1.29, 1.82) is 0 Å². The molecule has 0 aliphatic carbocycles. The summed E-state index contributed by atoms with van der Waals surface area (Å²) in [5, 5.41) is 13.7. The van der Waals surface area contributed by atoms with Gasteiger partial charge < -0.3 is 20.1 Å². The number of likely N-dealkylation sites (N-methyl/N-ethyl adjacent to an activating group) is 1. The third-order valence-electron chi connectivity index (χ3n) is 4.33. The molecule has 1 aromatic carbocycles. The van der Waals surface area contributed by atoms with Crippen molar-refractivity contribution in [3.05, 3.63) is 47.5 Å². The van der Waals surface area contributed by atoms with Crippen molar-refractivity contribution in [2.24, 2.45) is 7.05 Å². The van der Waals surface area contributed by atoms with Crippen LogP contribution < -0.4 is 10.6 Å². The van der Waals surface area contributed by atoms with Crippen LogP contribution in [-0.2, 0) is 13.5 Å². The maximum atomic E-state index is 12.2. The third-order valence-corrected chi connectivity index (χ3v) is 4.33. The van der Waals surface area contributed by atoms with Crippen LogP contribution in [0.5, 0.6) is 0 Å². The van der Waals surface area contributed by atoms with Crippen molar-refractivity contribution >= 4 is 6.03 Å². The van der Waals surface area contributed by atoms with E-state index in [4.69, 9.17) is 0 Å². The molecule has 2 amide bonds. The van der Waals surface area contributed by atoms with E-state index >= 15 is 0 Å². The quantitative estimate of drug-likeness (QED) is 0.806. The Bertz CT molecular complexity index is 679. The molecule has 2 rings (SSSR count). The van der Waals surface area contributed by atoms with Gasteiger partial charge in [-0.2, -0.15) is 0 Å². The monoisotopic (exact) mass is 344 g/mol. The molecule has 0 saturated heterocycles. The van der Waals surface area contributed by atoms with Crippen LogP contribution in [0.4, 0.5) is 4.79 Å². The minimum Gasteiger partial charge on any atom is -0.336 e. The largest absolute Gasteiger partial charge is 0.336 e. The highest BCUT2D eigenvalue weighted by molar-refractivity contribution is 5.74. The van der Waals surface area contributed by atoms with Crippen LogP contribution in [0.2, 0.25) is 0 Å². The summed E-state index contributed by atoms with van der Waals surface area (Å²) in [5.74, 6) is 0.717. The lowest BCUT2D eigenvalue weighted by molar-refractivity contribution is 0.229. The predicted octanol–water partition coefficient (Wildman–Crippen LogP) is 2.04. The number of aryl methyl sites for hydroxylation is 2. The Kier molecular flexibility index (Phi) is 6.52. The molecule has 0 saturated carbocycles. The minimum atomic E-state index is -0.215. The zero-order chi connectivity index (χ0) is 18.4. The summed E-state index contributed by atoms with van der Waals surface area (Å²) in [5.41, 5.74) is 2.49. The summed E-state index contributed by atoms with van der Waals surface area (Å²) < 4.78 is 1.79. The van der Waals surface area contributed by atoms with E-state index < -0.39 is 0 Å². The Hall–Kier alpha value is -2.41. The first-order valence-electron chi connectivity index (χ1n) is 8.55. The number of urea groups is 1. The first kappa shape index (κ1) is 18.9. The van der Waals surface area contributed by atoms with Gasteiger partial charge in [0.25, 0.3) is 0 Å². The zero-order valence-electron chi connectivity index (χ0n) is 15.7. The maximum absolute atomic E-state index is 12.2. The molecule has 2 aromatic rings. The van der Waals surface area contributed by atoms with Gasteiger partial charge in [-0.25, -0.2) is 4.79 Å². The SMILES string of the molecule is CCc1ccc([C@H](CNC(=O)N[C@H](C)c2nncn2C)N(C)C)cc1. The predicted molar refractivity (Wildman–Crippen MR) is 98.2 cm³/mol. The molecule has 7 heteroatoms. The number of carbonyl (C=O) groups is 1. The molecule has 0 unspecified atom stereocenters. The number of nitrogens with one attached hydrogen (secondary N) is 2. The zero-order valence-corrected chi connectivity index (χ0v) is 15.7. The number of carbonyl (C=O) groups excluding carboxylic acids is 1. The highest BCUT2D eigenvalue weighted by atomic mass is 16.2. The summed E-state index contributed by atoms with van der Waals surface area (Å²) in [6.45, 7) is 4.55. The van der Waals surface area contributed by atoms with Crippen LogP contribution in [0, 0.1) is 0 Å². The van der Waals surface area contributed by atoms with E-state index in [0.29, 0.717) is 6.54 Å². The van der Waals surface area contributed by atoms with Crippen molar-refractivity contribution in [3.63, 3.8) is 0 Å². The first-order valence-corrected chi connectivity index (χ1v) is 8.55. The van der Waals surface area contributed by atoms with Crippen molar-refractivity contribution in [3.8, 4) is 0 Å². The third kappa shape index (κ3) is 5.03. The number of nitrogens with zero attached hydrogens (tertiary/aromatic N) is 4. The number of hydrogen-bond acceptors (Lipinski definition) is 4. The van der Waals surface area contributed by atoms with Crippen molar-refractivity contribution < 1.29 is 4.79 Å². The average molecular weight is 344 g/mol. The van der Waals surface area contributed by atoms with Crippen molar-refractivity contribution in [2.75, 3.05) is 20.6 Å². The molecular weight excluding hydrogens is 316 g/mol. The summed E-state index contributed by atoms with van der Waals surface area (Å²) in [7, 11) is 5.88. The first-order chi connectivity index (χ1) is 11.9. The number of amides is 2. The lowest BCUT2D eigenvalue weighted by Crippen LogP contribution is -2.41. The maximum Gasteiger partial charge on any atom is 0.315 e. The van der Waals surface area contributed by atoms with E-state index in [1.165, 1.54) is 11.1 Å². The molecule has 2 atom stereocenters. The molecule has 0 bridgehead atoms. The number of hydrogen-bond donors (Lipinski definition) is 2. The van der Waals surface area contributed by atoms with Gasteiger partial charge in [0.05, 0.1) is 12.1 Å². The van der Waals surface area contributed by atoms with Gasteiger partial charge >= 0.3 is 6.03 Å². The Labute approximate surface area is 149 Å². The Balaban J connectivity index is 1.93. The lowest BCUT2D eigenvalue weighted by atomic mass is 10.0. The van der Waals surface area contributed by atoms with Gasteiger partial charge in [-0.05, 0) is 38.6 Å². The molecule has 136 valence electrons. The standard InChI is InChI=1S/C18H28N6O/c1-6-14-7-9-15(10-8-14)16(23(3)4)11-19-18(25)21-13(2)17-22-20-12-24(17)5/h7-10,12-13,16H,6,11H2,1-5H3,(H2,19,21,25)/t13-,16+/m1/s1. The molecular formula is C18H28N6O. The highest BCUT2D eigenvalue weighted by Gasteiger charge is 2.17. The smallest absolute Gasteiger partial charge is 0.315 e. The van der Waals surface area contributed by atoms with Crippen LogP contribution in [0.15, 0.2) is 30.6 Å². The van der Waals surface area contributed by atoms with Crippen molar-refractivity contribution in [2.45, 2.75) is 32.4 Å². The Morgan fingerprint density at radius 3 is 2.48 bits per heavy atom. The van der Waals surface area contributed by atoms with E-state index in [1.807, 2.05) is 28.1 Å². The van der Waals surface area contributed by atoms with Gasteiger partial charge in [-0.3, -0.25) is 0 Å². The number of aromatic nitrogens is 3. The summed E-state index contributed by atoms with van der Waals surface area (Å²) in [4.78, 5) is 14.3. The van der Waals surface area contributed by atoms with Gasteiger partial charge in [-0.1, -0.05) is 31.2 Å². The molecule has 1 heterocycles. The fourth-order valence-electron chi connectivity index (χ4n) is 2.76. The number of benzene rings is 1. The second-order valence-corrected chi connectivity index (χ2v) is 6.45. The van der Waals surface area contributed by atoms with Crippen LogP contribution in [-0.4, -0.2) is 46.3 Å². The van der Waals surface area contributed by atoms with Gasteiger partial charge in [-0.15, -0.1) is 10.2 Å². The fraction of sp³-hybridized carbons (Fsp3) is 0.500. The van der Waals surface area contributed by atoms with Gasteiger partial charge in [0.15, 0.2) is 5.82 Å². The molecule has 1 aromatic heterocycles. The summed E-state index contributed by atoms with van der Waals surface area (Å²) >= 11 is 0. The van der Waals surface area contributed by atoms with E-state index in [0.717, 1.165) is 12.2 Å². The molecule has 25 heavy (non-hydrogen) atoms. The molecule has 2 N–H and O–H groups in total. The van der Waals surface area contributed by atoms with Gasteiger partial charge in [0.2, 0.25) is 0 Å². The Morgan fingerprint density at radius 1 is 1.28 bits per heavy atom. The molecule has 7 nitrogen and oxygen atoms in total. The van der Waals surface area contributed by atoms with E-state index in [-0.39, 0.29) is 18.1 Å². The fourth-order valence-corrected chi connectivity index (χ4v) is 2.76. The summed E-state index contributed by atoms with van der Waals surface area (Å²) in [6, 6.07) is 8.23. The van der Waals surface area contributed by atoms with Gasteiger partial charge in [0.1, 0.15) is 6.33 Å². The van der Waals surface area contributed by atoms with Crippen LogP contribution in [0.1, 0.15) is 42.9 Å². The van der Waals surface area contributed by atoms with Crippen molar-refractivity contribution in [1.82, 2.24) is 30.3 Å². The Morgan fingerprint density at radius 2 is 1.96 bits per heavy atom. The van der Waals surface area contributed by atoms with E-state index in [1.54, 1.807) is 10.9 Å². The van der Waals surface area contributed by atoms with Crippen LogP contribution in [0.3, 0.4) is 0 Å². The second kappa shape index (κ2) is 8.62. The molecule has 0 fully saturated rings. The molecule has 0 spiro atoms. The second-order valence-electron chi connectivity index (χ2n) is 6.45. The lowest BCUT2D eigenvalue weighted by Gasteiger charge is -2.25. The number of rotatable bonds is 7. The highest BCUT2D eigenvalue weighted by Crippen LogP contribution is 2.18. The topological polar surface area (TPSA) is 75.1 Å².